The number of hydrogen-bond acceptors (Lipinski definition) is 5. The van der Waals surface area contributed by atoms with Crippen molar-refractivity contribution < 1.29 is 4.74 Å². The van der Waals surface area contributed by atoms with E-state index in [1.807, 2.05) is 0 Å². The second-order valence-electron chi connectivity index (χ2n) is 3.72. The molecule has 0 N–H and O–H groups in total. The van der Waals surface area contributed by atoms with Gasteiger partial charge in [-0.25, -0.2) is 0 Å². The summed E-state index contributed by atoms with van der Waals surface area (Å²) in [6.45, 7) is 5.80. The van der Waals surface area contributed by atoms with E-state index in [1.165, 1.54) is 11.3 Å². The Bertz CT molecular complexity index is 320. The van der Waals surface area contributed by atoms with Crippen molar-refractivity contribution in [2.24, 2.45) is 0 Å². The lowest BCUT2D eigenvalue weighted by Gasteiger charge is -2.19. The molecule has 2 rings (SSSR count). The Kier molecular flexibility index (Phi) is 3.91. The van der Waals surface area contributed by atoms with Crippen molar-refractivity contribution in [1.82, 2.24) is 15.1 Å². The smallest absolute Gasteiger partial charge is 0.207 e. The maximum absolute atomic E-state index is 5.74. The minimum absolute atomic E-state index is 0.302. The fourth-order valence-corrected chi connectivity index (χ4v) is 2.62. The average Bonchev–Trinajstić information content (AvgIpc) is 2.46. The van der Waals surface area contributed by atoms with E-state index >= 15 is 0 Å². The first-order valence-corrected chi connectivity index (χ1v) is 6.25. The molecule has 1 fully saturated rings. The third-order valence-corrected chi connectivity index (χ3v) is 3.34. The Morgan fingerprint density at radius 3 is 3.20 bits per heavy atom. The molecule has 1 unspecified atom stereocenters. The molecule has 1 aliphatic rings. The fraction of sp³-hybridized carbons (Fsp3) is 0.778. The molecule has 0 bridgehead atoms. The number of aromatic nitrogens is 2. The molecule has 0 aliphatic carbocycles. The topological polar surface area (TPSA) is 38.2 Å². The fourth-order valence-electron chi connectivity index (χ4n) is 1.71. The van der Waals surface area contributed by atoms with Crippen LogP contribution in [0.25, 0.3) is 0 Å². The molecule has 84 valence electrons. The zero-order valence-corrected chi connectivity index (χ0v) is 10.2. The zero-order valence-electron chi connectivity index (χ0n) is 8.65. The molecule has 1 aliphatic heterocycles. The van der Waals surface area contributed by atoms with Crippen LogP contribution < -0.4 is 0 Å². The molecule has 1 aromatic heterocycles. The van der Waals surface area contributed by atoms with E-state index in [-0.39, 0.29) is 0 Å². The van der Waals surface area contributed by atoms with E-state index in [4.69, 9.17) is 16.3 Å². The second-order valence-corrected chi connectivity index (χ2v) is 5.36. The highest BCUT2D eigenvalue weighted by atomic mass is 35.5. The van der Waals surface area contributed by atoms with Crippen molar-refractivity contribution in [2.45, 2.75) is 26.0 Å². The van der Waals surface area contributed by atoms with Gasteiger partial charge in [-0.05, 0) is 24.9 Å². The van der Waals surface area contributed by atoms with Crippen LogP contribution in [-0.2, 0) is 11.3 Å². The van der Waals surface area contributed by atoms with Gasteiger partial charge in [0.25, 0.3) is 0 Å². The quantitative estimate of drug-likeness (QED) is 0.799. The van der Waals surface area contributed by atoms with Gasteiger partial charge in [0.2, 0.25) is 4.47 Å². The van der Waals surface area contributed by atoms with Gasteiger partial charge in [-0.15, -0.1) is 10.2 Å². The van der Waals surface area contributed by atoms with Gasteiger partial charge in [0, 0.05) is 19.7 Å². The largest absolute Gasteiger partial charge is 0.377 e. The van der Waals surface area contributed by atoms with E-state index in [9.17, 15) is 0 Å². The first-order valence-electron chi connectivity index (χ1n) is 5.06. The van der Waals surface area contributed by atoms with Crippen molar-refractivity contribution in [3.63, 3.8) is 0 Å². The normalized spacial score (nSPS) is 24.0. The van der Waals surface area contributed by atoms with Gasteiger partial charge in [-0.2, -0.15) is 0 Å². The summed E-state index contributed by atoms with van der Waals surface area (Å²) in [5.74, 6) is 0. The lowest BCUT2D eigenvalue weighted by molar-refractivity contribution is 0.0667. The minimum Gasteiger partial charge on any atom is -0.377 e. The molecule has 0 amide bonds. The molecule has 2 heterocycles. The van der Waals surface area contributed by atoms with Crippen LogP contribution in [0.2, 0.25) is 4.47 Å². The Morgan fingerprint density at radius 1 is 1.60 bits per heavy atom. The molecule has 6 heteroatoms. The maximum atomic E-state index is 5.74. The second kappa shape index (κ2) is 5.21. The lowest BCUT2D eigenvalue weighted by Crippen LogP contribution is -2.29. The molecule has 15 heavy (non-hydrogen) atoms. The number of nitrogens with zero attached hydrogens (tertiary/aromatic N) is 3. The Morgan fingerprint density at radius 2 is 2.47 bits per heavy atom. The van der Waals surface area contributed by atoms with Gasteiger partial charge in [0.1, 0.15) is 5.01 Å². The Hall–Kier alpha value is -0.230. The van der Waals surface area contributed by atoms with Crippen LogP contribution in [0.3, 0.4) is 0 Å². The van der Waals surface area contributed by atoms with Crippen LogP contribution in [0, 0.1) is 0 Å². The summed E-state index contributed by atoms with van der Waals surface area (Å²) in [5.41, 5.74) is 0. The third kappa shape index (κ3) is 3.38. The number of halogens is 1. The summed E-state index contributed by atoms with van der Waals surface area (Å²) in [5, 5.41) is 8.80. The van der Waals surface area contributed by atoms with Gasteiger partial charge in [-0.1, -0.05) is 11.3 Å². The molecular formula is C9H14ClN3OS. The number of ether oxygens (including phenoxy) is 1. The summed E-state index contributed by atoms with van der Waals surface area (Å²) in [4.78, 5) is 2.34. The highest BCUT2D eigenvalue weighted by Crippen LogP contribution is 2.17. The van der Waals surface area contributed by atoms with Gasteiger partial charge in [0.05, 0.1) is 12.6 Å². The predicted molar refractivity (Wildman–Crippen MR) is 60.2 cm³/mol. The van der Waals surface area contributed by atoms with Crippen molar-refractivity contribution >= 4 is 22.9 Å². The van der Waals surface area contributed by atoms with Crippen molar-refractivity contribution in [3.05, 3.63) is 9.47 Å². The van der Waals surface area contributed by atoms with Crippen LogP contribution in [-0.4, -0.2) is 40.9 Å². The molecule has 1 aromatic rings. The predicted octanol–water partition coefficient (Wildman–Crippen LogP) is 1.80. The maximum Gasteiger partial charge on any atom is 0.207 e. The summed E-state index contributed by atoms with van der Waals surface area (Å²) >= 11 is 7.19. The zero-order chi connectivity index (χ0) is 10.7. The standard InChI is InChI=1S/C9H14ClN3OS/c1-7-5-13(3-2-4-14-7)6-8-11-12-9(10)15-8/h7H,2-6H2,1H3. The van der Waals surface area contributed by atoms with Crippen LogP contribution in [0.5, 0.6) is 0 Å². The van der Waals surface area contributed by atoms with E-state index < -0.39 is 0 Å². The van der Waals surface area contributed by atoms with Gasteiger partial charge in [0.15, 0.2) is 0 Å². The van der Waals surface area contributed by atoms with E-state index in [2.05, 4.69) is 22.0 Å². The number of hydrogen-bond donors (Lipinski definition) is 0. The first-order chi connectivity index (χ1) is 7.24. The molecule has 0 spiro atoms. The summed E-state index contributed by atoms with van der Waals surface area (Å²) in [7, 11) is 0. The molecular weight excluding hydrogens is 234 g/mol. The molecule has 0 aromatic carbocycles. The summed E-state index contributed by atoms with van der Waals surface area (Å²) < 4.78 is 6.09. The lowest BCUT2D eigenvalue weighted by atomic mass is 10.3. The average molecular weight is 248 g/mol. The van der Waals surface area contributed by atoms with Gasteiger partial charge >= 0.3 is 0 Å². The molecule has 4 nitrogen and oxygen atoms in total. The van der Waals surface area contributed by atoms with Crippen molar-refractivity contribution in [2.75, 3.05) is 19.7 Å². The Balaban J connectivity index is 1.92. The van der Waals surface area contributed by atoms with Crippen molar-refractivity contribution in [1.29, 1.82) is 0 Å². The highest BCUT2D eigenvalue weighted by molar-refractivity contribution is 7.15. The van der Waals surface area contributed by atoms with Gasteiger partial charge in [-0.3, -0.25) is 4.90 Å². The molecule has 0 radical (unpaired) electrons. The first kappa shape index (κ1) is 11.3. The monoisotopic (exact) mass is 247 g/mol. The van der Waals surface area contributed by atoms with E-state index in [1.54, 1.807) is 0 Å². The highest BCUT2D eigenvalue weighted by Gasteiger charge is 2.16. The minimum atomic E-state index is 0.302. The molecule has 1 atom stereocenters. The molecule has 0 saturated carbocycles. The summed E-state index contributed by atoms with van der Waals surface area (Å²) in [6, 6.07) is 0. The van der Waals surface area contributed by atoms with Crippen LogP contribution >= 0.6 is 22.9 Å². The van der Waals surface area contributed by atoms with Crippen LogP contribution in [0.1, 0.15) is 18.4 Å². The SMILES string of the molecule is CC1CN(Cc2nnc(Cl)s2)CCCO1. The van der Waals surface area contributed by atoms with Gasteiger partial charge < -0.3 is 4.74 Å². The Labute approximate surface area is 98.2 Å². The summed E-state index contributed by atoms with van der Waals surface area (Å²) in [6.07, 6.45) is 1.38. The molecule has 1 saturated heterocycles. The van der Waals surface area contributed by atoms with Crippen molar-refractivity contribution in [3.8, 4) is 0 Å². The number of rotatable bonds is 2. The van der Waals surface area contributed by atoms with Crippen LogP contribution in [0.4, 0.5) is 0 Å². The van der Waals surface area contributed by atoms with E-state index in [0.717, 1.165) is 37.7 Å². The third-order valence-electron chi connectivity index (χ3n) is 2.34. The van der Waals surface area contributed by atoms with Crippen LogP contribution in [0.15, 0.2) is 0 Å². The van der Waals surface area contributed by atoms with E-state index in [0.29, 0.717) is 10.6 Å².